The molecule has 0 aliphatic rings. The largest absolute Gasteiger partial charge is 0.330 e. The van der Waals surface area contributed by atoms with Crippen LogP contribution in [0.15, 0.2) is 18.2 Å². The molecule has 0 heterocycles. The fourth-order valence-corrected chi connectivity index (χ4v) is 1.70. The zero-order chi connectivity index (χ0) is 11.3. The van der Waals surface area contributed by atoms with Crippen molar-refractivity contribution in [3.05, 3.63) is 35.4 Å². The molecule has 0 fully saturated rings. The van der Waals surface area contributed by atoms with Crippen molar-refractivity contribution < 1.29 is 8.78 Å². The van der Waals surface area contributed by atoms with Crippen LogP contribution in [0, 0.1) is 17.6 Å². The van der Waals surface area contributed by atoms with Crippen LogP contribution < -0.4 is 5.73 Å². The molecule has 3 heteroatoms. The second kappa shape index (κ2) is 5.81. The van der Waals surface area contributed by atoms with Crippen molar-refractivity contribution in [1.82, 2.24) is 0 Å². The van der Waals surface area contributed by atoms with Gasteiger partial charge < -0.3 is 5.73 Å². The fraction of sp³-hybridized carbons (Fsp3) is 0.500. The molecule has 0 aromatic heterocycles. The lowest BCUT2D eigenvalue weighted by Gasteiger charge is -2.10. The summed E-state index contributed by atoms with van der Waals surface area (Å²) in [5, 5.41) is 0. The van der Waals surface area contributed by atoms with E-state index < -0.39 is 11.6 Å². The van der Waals surface area contributed by atoms with E-state index in [1.54, 1.807) is 0 Å². The van der Waals surface area contributed by atoms with Gasteiger partial charge in [0.15, 0.2) is 0 Å². The average molecular weight is 213 g/mol. The van der Waals surface area contributed by atoms with E-state index in [9.17, 15) is 8.78 Å². The Kier molecular flexibility index (Phi) is 4.69. The molecule has 1 aromatic rings. The van der Waals surface area contributed by atoms with Crippen LogP contribution in [0.2, 0.25) is 0 Å². The molecule has 2 N–H and O–H groups in total. The van der Waals surface area contributed by atoms with Gasteiger partial charge in [-0.05, 0) is 49.4 Å². The zero-order valence-electron chi connectivity index (χ0n) is 8.97. The Hall–Kier alpha value is -0.960. The Morgan fingerprint density at radius 3 is 2.33 bits per heavy atom. The summed E-state index contributed by atoms with van der Waals surface area (Å²) < 4.78 is 25.7. The standard InChI is InChI=1S/C12H17F2N/c1-9(3-2-4-15)5-10-6-11(13)8-12(14)7-10/h6-9H,2-5,15H2,1H3. The van der Waals surface area contributed by atoms with E-state index >= 15 is 0 Å². The SMILES string of the molecule is CC(CCCN)Cc1cc(F)cc(F)c1. The second-order valence-corrected chi connectivity index (χ2v) is 4.02. The topological polar surface area (TPSA) is 26.0 Å². The van der Waals surface area contributed by atoms with E-state index in [1.807, 2.05) is 0 Å². The van der Waals surface area contributed by atoms with E-state index in [2.05, 4.69) is 6.92 Å². The van der Waals surface area contributed by atoms with Gasteiger partial charge in [-0.15, -0.1) is 0 Å². The molecular weight excluding hydrogens is 196 g/mol. The van der Waals surface area contributed by atoms with E-state index in [0.717, 1.165) is 24.5 Å². The normalized spacial score (nSPS) is 12.8. The third-order valence-electron chi connectivity index (χ3n) is 2.41. The first-order chi connectivity index (χ1) is 7.11. The van der Waals surface area contributed by atoms with Gasteiger partial charge in [0, 0.05) is 6.07 Å². The van der Waals surface area contributed by atoms with Crippen LogP contribution in [0.3, 0.4) is 0 Å². The first kappa shape index (κ1) is 12.1. The minimum Gasteiger partial charge on any atom is -0.330 e. The quantitative estimate of drug-likeness (QED) is 0.799. The lowest BCUT2D eigenvalue weighted by Crippen LogP contribution is -2.05. The van der Waals surface area contributed by atoms with Gasteiger partial charge in [-0.3, -0.25) is 0 Å². The highest BCUT2D eigenvalue weighted by molar-refractivity contribution is 5.18. The minimum atomic E-state index is -0.504. The summed E-state index contributed by atoms with van der Waals surface area (Å²) in [5.74, 6) is -0.596. The van der Waals surface area contributed by atoms with Gasteiger partial charge in [-0.1, -0.05) is 6.92 Å². The van der Waals surface area contributed by atoms with Gasteiger partial charge in [-0.2, -0.15) is 0 Å². The summed E-state index contributed by atoms with van der Waals surface area (Å²) in [7, 11) is 0. The Labute approximate surface area is 89.3 Å². The molecule has 1 atom stereocenters. The smallest absolute Gasteiger partial charge is 0.126 e. The number of hydrogen-bond acceptors (Lipinski definition) is 1. The van der Waals surface area contributed by atoms with Gasteiger partial charge in [-0.25, -0.2) is 8.78 Å². The molecular formula is C12H17F2N. The maximum atomic E-state index is 12.9. The number of halogens is 2. The van der Waals surface area contributed by atoms with Crippen molar-refractivity contribution in [3.8, 4) is 0 Å². The lowest BCUT2D eigenvalue weighted by atomic mass is 9.96. The molecule has 0 aliphatic heterocycles. The third kappa shape index (κ3) is 4.38. The van der Waals surface area contributed by atoms with Crippen molar-refractivity contribution >= 4 is 0 Å². The first-order valence-electron chi connectivity index (χ1n) is 5.27. The maximum Gasteiger partial charge on any atom is 0.126 e. The van der Waals surface area contributed by atoms with Crippen molar-refractivity contribution in [3.63, 3.8) is 0 Å². The average Bonchev–Trinajstić information content (AvgIpc) is 2.13. The Morgan fingerprint density at radius 2 is 1.80 bits per heavy atom. The number of hydrogen-bond donors (Lipinski definition) is 1. The van der Waals surface area contributed by atoms with E-state index in [4.69, 9.17) is 5.73 Å². The first-order valence-corrected chi connectivity index (χ1v) is 5.27. The van der Waals surface area contributed by atoms with Crippen LogP contribution in [-0.2, 0) is 6.42 Å². The lowest BCUT2D eigenvalue weighted by molar-refractivity contribution is 0.506. The van der Waals surface area contributed by atoms with Crippen LogP contribution in [0.5, 0.6) is 0 Å². The molecule has 1 unspecified atom stereocenters. The van der Waals surface area contributed by atoms with Crippen LogP contribution in [0.1, 0.15) is 25.3 Å². The molecule has 1 rings (SSSR count). The van der Waals surface area contributed by atoms with Gasteiger partial charge in [0.2, 0.25) is 0 Å². The number of benzene rings is 1. The molecule has 0 saturated heterocycles. The van der Waals surface area contributed by atoms with Crippen LogP contribution >= 0.6 is 0 Å². The third-order valence-corrected chi connectivity index (χ3v) is 2.41. The summed E-state index contributed by atoms with van der Waals surface area (Å²) >= 11 is 0. The van der Waals surface area contributed by atoms with Crippen LogP contribution in [0.25, 0.3) is 0 Å². The molecule has 84 valence electrons. The molecule has 0 spiro atoms. The zero-order valence-corrected chi connectivity index (χ0v) is 8.97. The fourth-order valence-electron chi connectivity index (χ4n) is 1.70. The van der Waals surface area contributed by atoms with Crippen molar-refractivity contribution in [2.45, 2.75) is 26.2 Å². The van der Waals surface area contributed by atoms with Crippen LogP contribution in [0.4, 0.5) is 8.78 Å². The van der Waals surface area contributed by atoms with E-state index in [-0.39, 0.29) is 0 Å². The molecule has 15 heavy (non-hydrogen) atoms. The molecule has 1 nitrogen and oxygen atoms in total. The Bertz CT molecular complexity index is 292. The van der Waals surface area contributed by atoms with Crippen molar-refractivity contribution in [1.29, 1.82) is 0 Å². The van der Waals surface area contributed by atoms with E-state index in [0.29, 0.717) is 18.9 Å². The summed E-state index contributed by atoms with van der Waals surface area (Å²) in [6.07, 6.45) is 2.66. The van der Waals surface area contributed by atoms with Gasteiger partial charge in [0.25, 0.3) is 0 Å². The highest BCUT2D eigenvalue weighted by Crippen LogP contribution is 2.15. The van der Waals surface area contributed by atoms with Crippen molar-refractivity contribution in [2.75, 3.05) is 6.54 Å². The van der Waals surface area contributed by atoms with Gasteiger partial charge >= 0.3 is 0 Å². The molecule has 0 aliphatic carbocycles. The van der Waals surface area contributed by atoms with E-state index in [1.165, 1.54) is 12.1 Å². The minimum absolute atomic E-state index is 0.412. The summed E-state index contributed by atoms with van der Waals surface area (Å²) in [5.41, 5.74) is 6.12. The molecule has 0 amide bonds. The predicted molar refractivity (Wildman–Crippen MR) is 57.5 cm³/mol. The number of rotatable bonds is 5. The molecule has 1 aromatic carbocycles. The second-order valence-electron chi connectivity index (χ2n) is 4.02. The highest BCUT2D eigenvalue weighted by atomic mass is 19.1. The highest BCUT2D eigenvalue weighted by Gasteiger charge is 2.06. The van der Waals surface area contributed by atoms with Crippen LogP contribution in [-0.4, -0.2) is 6.54 Å². The molecule has 0 saturated carbocycles. The van der Waals surface area contributed by atoms with Gasteiger partial charge in [0.05, 0.1) is 0 Å². The number of nitrogens with two attached hydrogens (primary N) is 1. The summed E-state index contributed by atoms with van der Waals surface area (Å²) in [6, 6.07) is 3.68. The molecule has 0 radical (unpaired) electrons. The predicted octanol–water partition coefficient (Wildman–Crippen LogP) is 2.88. The van der Waals surface area contributed by atoms with Gasteiger partial charge in [0.1, 0.15) is 11.6 Å². The maximum absolute atomic E-state index is 12.9. The molecule has 0 bridgehead atoms. The Balaban J connectivity index is 2.56. The van der Waals surface area contributed by atoms with Crippen molar-refractivity contribution in [2.24, 2.45) is 11.7 Å². The monoisotopic (exact) mass is 213 g/mol. The summed E-state index contributed by atoms with van der Waals surface area (Å²) in [6.45, 7) is 2.74. The Morgan fingerprint density at radius 1 is 1.20 bits per heavy atom. The summed E-state index contributed by atoms with van der Waals surface area (Å²) in [4.78, 5) is 0.